The van der Waals surface area contributed by atoms with Crippen molar-refractivity contribution in [3.63, 3.8) is 0 Å². The second-order valence-electron chi connectivity index (χ2n) is 7.22. The van der Waals surface area contributed by atoms with E-state index in [4.69, 9.17) is 15.2 Å². The molecule has 0 saturated heterocycles. The standard InChI is InChI=1S/C18H26N2O4/c1-17(2,3)24-15(21)18(19)11-14(18)9-10-20-16(22)23-12-13-7-5-4-6-8-13/h4-8,14H,9-12,19H2,1-3H3,(H,20,22). The molecule has 1 amide bonds. The summed E-state index contributed by atoms with van der Waals surface area (Å²) in [6.45, 7) is 6.09. The Labute approximate surface area is 142 Å². The lowest BCUT2D eigenvalue weighted by atomic mass is 10.1. The first-order valence-corrected chi connectivity index (χ1v) is 8.17. The Hall–Kier alpha value is -2.08. The number of ether oxygens (including phenoxy) is 2. The van der Waals surface area contributed by atoms with Crippen molar-refractivity contribution in [2.45, 2.75) is 51.4 Å². The van der Waals surface area contributed by atoms with Crippen LogP contribution in [-0.2, 0) is 20.9 Å². The number of rotatable bonds is 6. The largest absolute Gasteiger partial charge is 0.459 e. The van der Waals surface area contributed by atoms with Crippen molar-refractivity contribution in [1.29, 1.82) is 0 Å². The zero-order valence-electron chi connectivity index (χ0n) is 14.5. The van der Waals surface area contributed by atoms with E-state index in [2.05, 4.69) is 5.32 Å². The third-order valence-electron chi connectivity index (χ3n) is 3.91. The monoisotopic (exact) mass is 334 g/mol. The molecule has 24 heavy (non-hydrogen) atoms. The van der Waals surface area contributed by atoms with E-state index in [9.17, 15) is 9.59 Å². The number of hydrogen-bond acceptors (Lipinski definition) is 5. The highest BCUT2D eigenvalue weighted by molar-refractivity contribution is 5.85. The van der Waals surface area contributed by atoms with Crippen LogP contribution in [0.4, 0.5) is 4.79 Å². The summed E-state index contributed by atoms with van der Waals surface area (Å²) in [5.74, 6) is -0.339. The first kappa shape index (κ1) is 18.3. The van der Waals surface area contributed by atoms with Crippen LogP contribution in [-0.4, -0.2) is 29.7 Å². The Kier molecular flexibility index (Phi) is 5.49. The Morgan fingerprint density at radius 2 is 1.96 bits per heavy atom. The molecule has 0 aromatic heterocycles. The molecule has 1 aliphatic carbocycles. The average Bonchev–Trinajstić information content (AvgIpc) is 3.17. The summed E-state index contributed by atoms with van der Waals surface area (Å²) in [6, 6.07) is 9.47. The maximum Gasteiger partial charge on any atom is 0.407 e. The van der Waals surface area contributed by atoms with Gasteiger partial charge in [-0.25, -0.2) is 4.79 Å². The summed E-state index contributed by atoms with van der Waals surface area (Å²) in [7, 11) is 0. The molecule has 0 heterocycles. The smallest absolute Gasteiger partial charge is 0.407 e. The molecule has 0 bridgehead atoms. The molecule has 1 fully saturated rings. The summed E-state index contributed by atoms with van der Waals surface area (Å²) in [5.41, 5.74) is 5.55. The van der Waals surface area contributed by atoms with Gasteiger partial charge >= 0.3 is 12.1 Å². The van der Waals surface area contributed by atoms with Gasteiger partial charge in [0.05, 0.1) is 0 Å². The van der Waals surface area contributed by atoms with Gasteiger partial charge in [-0.15, -0.1) is 0 Å². The minimum absolute atomic E-state index is 0.0294. The highest BCUT2D eigenvalue weighted by Crippen LogP contribution is 2.44. The Morgan fingerprint density at radius 1 is 1.29 bits per heavy atom. The first-order valence-electron chi connectivity index (χ1n) is 8.17. The molecule has 132 valence electrons. The van der Waals surface area contributed by atoms with Crippen LogP contribution in [0, 0.1) is 5.92 Å². The fourth-order valence-electron chi connectivity index (χ4n) is 2.45. The highest BCUT2D eigenvalue weighted by atomic mass is 16.6. The molecule has 6 nitrogen and oxygen atoms in total. The van der Waals surface area contributed by atoms with Gasteiger partial charge in [0.2, 0.25) is 0 Å². The maximum absolute atomic E-state index is 12.1. The van der Waals surface area contributed by atoms with Gasteiger partial charge in [0.1, 0.15) is 17.7 Å². The lowest BCUT2D eigenvalue weighted by Crippen LogP contribution is -2.41. The summed E-state index contributed by atoms with van der Waals surface area (Å²) in [4.78, 5) is 23.7. The molecule has 2 atom stereocenters. The van der Waals surface area contributed by atoms with Crippen molar-refractivity contribution in [1.82, 2.24) is 5.32 Å². The average molecular weight is 334 g/mol. The molecule has 2 rings (SSSR count). The summed E-state index contributed by atoms with van der Waals surface area (Å²) < 4.78 is 10.5. The first-order chi connectivity index (χ1) is 11.2. The van der Waals surface area contributed by atoms with Crippen molar-refractivity contribution in [2.24, 2.45) is 11.7 Å². The molecule has 1 aliphatic rings. The van der Waals surface area contributed by atoms with E-state index in [1.165, 1.54) is 0 Å². The summed E-state index contributed by atoms with van der Waals surface area (Å²) in [6.07, 6.45) is 0.734. The fraction of sp³-hybridized carbons (Fsp3) is 0.556. The fourth-order valence-corrected chi connectivity index (χ4v) is 2.45. The SMILES string of the molecule is CC(C)(C)OC(=O)C1(N)CC1CCNC(=O)OCc1ccccc1. The van der Waals surface area contributed by atoms with Gasteiger partial charge < -0.3 is 20.5 Å². The highest BCUT2D eigenvalue weighted by Gasteiger charge is 2.58. The third-order valence-corrected chi connectivity index (χ3v) is 3.91. The minimum atomic E-state index is -0.914. The van der Waals surface area contributed by atoms with Crippen LogP contribution in [0.2, 0.25) is 0 Å². The Morgan fingerprint density at radius 3 is 2.58 bits per heavy atom. The van der Waals surface area contributed by atoms with E-state index >= 15 is 0 Å². The molecule has 1 aromatic rings. The van der Waals surface area contributed by atoms with E-state index in [1.54, 1.807) is 0 Å². The predicted octanol–water partition coefficient (Wildman–Crippen LogP) is 2.36. The lowest BCUT2D eigenvalue weighted by molar-refractivity contribution is -0.158. The molecule has 1 saturated carbocycles. The van der Waals surface area contributed by atoms with E-state index in [1.807, 2.05) is 51.1 Å². The van der Waals surface area contributed by atoms with Crippen LogP contribution in [0.5, 0.6) is 0 Å². The molecule has 6 heteroatoms. The number of nitrogens with two attached hydrogens (primary N) is 1. The van der Waals surface area contributed by atoms with Gasteiger partial charge in [0, 0.05) is 6.54 Å². The number of carbonyl (C=O) groups is 2. The van der Waals surface area contributed by atoms with E-state index in [-0.39, 0.29) is 18.5 Å². The van der Waals surface area contributed by atoms with Crippen LogP contribution in [0.3, 0.4) is 0 Å². The Bertz CT molecular complexity index is 582. The zero-order chi connectivity index (χ0) is 17.8. The van der Waals surface area contributed by atoms with Crippen LogP contribution < -0.4 is 11.1 Å². The topological polar surface area (TPSA) is 90.6 Å². The molecule has 0 spiro atoms. The van der Waals surface area contributed by atoms with E-state index in [0.29, 0.717) is 19.4 Å². The van der Waals surface area contributed by atoms with Crippen LogP contribution in [0.15, 0.2) is 30.3 Å². The number of benzene rings is 1. The number of nitrogens with one attached hydrogen (secondary N) is 1. The van der Waals surface area contributed by atoms with Crippen molar-refractivity contribution < 1.29 is 19.1 Å². The zero-order valence-corrected chi connectivity index (χ0v) is 14.5. The molecule has 3 N–H and O–H groups in total. The second-order valence-corrected chi connectivity index (χ2v) is 7.22. The van der Waals surface area contributed by atoms with E-state index in [0.717, 1.165) is 5.56 Å². The van der Waals surface area contributed by atoms with Gasteiger partial charge in [-0.1, -0.05) is 30.3 Å². The molecule has 1 aromatic carbocycles. The molecule has 0 radical (unpaired) electrons. The number of carbonyl (C=O) groups excluding carboxylic acids is 2. The number of esters is 1. The predicted molar refractivity (Wildman–Crippen MR) is 90.1 cm³/mol. The number of amides is 1. The summed E-state index contributed by atoms with van der Waals surface area (Å²) in [5, 5.41) is 2.68. The quantitative estimate of drug-likeness (QED) is 0.779. The van der Waals surface area contributed by atoms with Crippen LogP contribution in [0.25, 0.3) is 0 Å². The second kappa shape index (κ2) is 7.21. The van der Waals surface area contributed by atoms with Gasteiger partial charge in [-0.2, -0.15) is 0 Å². The molecule has 2 unspecified atom stereocenters. The minimum Gasteiger partial charge on any atom is -0.459 e. The normalized spacial score (nSPS) is 22.6. The van der Waals surface area contributed by atoms with Crippen molar-refractivity contribution >= 4 is 12.1 Å². The third kappa shape index (κ3) is 5.23. The number of hydrogen-bond donors (Lipinski definition) is 2. The van der Waals surface area contributed by atoms with Gasteiger partial charge in [0.15, 0.2) is 0 Å². The van der Waals surface area contributed by atoms with Gasteiger partial charge in [-0.3, -0.25) is 4.79 Å². The van der Waals surface area contributed by atoms with Crippen molar-refractivity contribution in [2.75, 3.05) is 6.54 Å². The molecular formula is C18H26N2O4. The number of alkyl carbamates (subject to hydrolysis) is 1. The van der Waals surface area contributed by atoms with Gasteiger partial charge in [0.25, 0.3) is 0 Å². The van der Waals surface area contributed by atoms with Crippen molar-refractivity contribution in [3.05, 3.63) is 35.9 Å². The van der Waals surface area contributed by atoms with Gasteiger partial charge in [-0.05, 0) is 45.1 Å². The van der Waals surface area contributed by atoms with E-state index < -0.39 is 17.2 Å². The van der Waals surface area contributed by atoms with Crippen molar-refractivity contribution in [3.8, 4) is 0 Å². The molecular weight excluding hydrogens is 308 g/mol. The molecule has 0 aliphatic heterocycles. The lowest BCUT2D eigenvalue weighted by Gasteiger charge is -2.22. The Balaban J connectivity index is 1.64. The maximum atomic E-state index is 12.1. The van der Waals surface area contributed by atoms with Crippen LogP contribution in [0.1, 0.15) is 39.2 Å². The summed E-state index contributed by atoms with van der Waals surface area (Å²) >= 11 is 0. The van der Waals surface area contributed by atoms with Crippen LogP contribution >= 0.6 is 0 Å².